The molecule has 0 aromatic carbocycles. The highest BCUT2D eigenvalue weighted by Crippen LogP contribution is 2.25. The van der Waals surface area contributed by atoms with E-state index in [1.165, 1.54) is 0 Å². The fourth-order valence-corrected chi connectivity index (χ4v) is 2.11. The summed E-state index contributed by atoms with van der Waals surface area (Å²) in [5.74, 6) is -0.124. The van der Waals surface area contributed by atoms with Crippen molar-refractivity contribution in [2.75, 3.05) is 31.6 Å². The highest BCUT2D eigenvalue weighted by molar-refractivity contribution is 6.28. The van der Waals surface area contributed by atoms with E-state index in [4.69, 9.17) is 11.6 Å². The molecular weight excluding hydrogens is 243 g/mol. The van der Waals surface area contributed by atoms with Crippen LogP contribution in [0.5, 0.6) is 0 Å². The van der Waals surface area contributed by atoms with E-state index in [1.807, 2.05) is 4.90 Å². The number of likely N-dealkylation sites (N-methyl/N-ethyl adjacent to an activating group) is 1. The molecule has 0 N–H and O–H groups in total. The van der Waals surface area contributed by atoms with Gasteiger partial charge in [0, 0.05) is 25.2 Å². The molecule has 1 aliphatic heterocycles. The van der Waals surface area contributed by atoms with Gasteiger partial charge >= 0.3 is 0 Å². The molecule has 1 aliphatic rings. The topological polar surface area (TPSA) is 32.3 Å². The predicted molar refractivity (Wildman–Crippen MR) is 65.9 cm³/mol. The first-order valence-electron chi connectivity index (χ1n) is 5.54. The van der Waals surface area contributed by atoms with Crippen molar-refractivity contribution in [3.63, 3.8) is 0 Å². The Morgan fingerprint density at radius 3 is 2.76 bits per heavy atom. The number of hydrogen-bond acceptors (Lipinski definition) is 4. The lowest BCUT2D eigenvalue weighted by Gasteiger charge is -2.45. The van der Waals surface area contributed by atoms with E-state index in [0.717, 1.165) is 19.3 Å². The van der Waals surface area contributed by atoms with Crippen LogP contribution >= 0.6 is 11.6 Å². The molecule has 1 saturated heterocycles. The summed E-state index contributed by atoms with van der Waals surface area (Å²) in [5.41, 5.74) is -0.0118. The molecule has 0 saturated carbocycles. The Kier molecular flexibility index (Phi) is 3.23. The van der Waals surface area contributed by atoms with Crippen molar-refractivity contribution < 1.29 is 4.39 Å². The largest absolute Gasteiger partial charge is 0.351 e. The lowest BCUT2D eigenvalue weighted by atomic mass is 10.00. The average Bonchev–Trinajstić information content (AvgIpc) is 2.25. The van der Waals surface area contributed by atoms with E-state index < -0.39 is 5.82 Å². The Hall–Kier alpha value is -0.940. The van der Waals surface area contributed by atoms with Crippen molar-refractivity contribution in [3.05, 3.63) is 17.3 Å². The Balaban J connectivity index is 2.26. The lowest BCUT2D eigenvalue weighted by molar-refractivity contribution is 0.138. The molecule has 0 amide bonds. The smallest absolute Gasteiger partial charge is 0.224 e. The highest BCUT2D eigenvalue weighted by Gasteiger charge is 2.32. The van der Waals surface area contributed by atoms with Crippen LogP contribution in [0.2, 0.25) is 5.28 Å². The quantitative estimate of drug-likeness (QED) is 0.719. The maximum atomic E-state index is 13.7. The number of hydrogen-bond donors (Lipinski definition) is 0. The van der Waals surface area contributed by atoms with Gasteiger partial charge < -0.3 is 4.90 Å². The van der Waals surface area contributed by atoms with Gasteiger partial charge in [-0.05, 0) is 32.5 Å². The fourth-order valence-electron chi connectivity index (χ4n) is 1.98. The van der Waals surface area contributed by atoms with Crippen LogP contribution in [0.3, 0.4) is 0 Å². The van der Waals surface area contributed by atoms with Crippen molar-refractivity contribution in [1.82, 2.24) is 14.9 Å². The molecule has 0 spiro atoms. The van der Waals surface area contributed by atoms with Gasteiger partial charge in [0.1, 0.15) is 0 Å². The summed E-state index contributed by atoms with van der Waals surface area (Å²) in [6.07, 6.45) is 1.12. The van der Waals surface area contributed by atoms with Crippen molar-refractivity contribution in [1.29, 1.82) is 0 Å². The summed E-state index contributed by atoms with van der Waals surface area (Å²) >= 11 is 5.71. The molecule has 0 atom stereocenters. The van der Waals surface area contributed by atoms with E-state index in [2.05, 4.69) is 35.8 Å². The maximum Gasteiger partial charge on any atom is 0.224 e. The van der Waals surface area contributed by atoms with Crippen molar-refractivity contribution in [2.45, 2.75) is 19.4 Å². The number of halogens is 2. The molecule has 6 heteroatoms. The lowest BCUT2D eigenvalue weighted by Crippen LogP contribution is -2.58. The molecule has 1 fully saturated rings. The number of rotatable bonds is 1. The SMILES string of the molecule is CN1CCN(c2nc(Cl)ncc2F)CC1(C)C. The summed E-state index contributed by atoms with van der Waals surface area (Å²) in [5, 5.41) is 0.0816. The zero-order chi connectivity index (χ0) is 12.6. The normalized spacial score (nSPS) is 20.6. The van der Waals surface area contributed by atoms with Crippen LogP contribution < -0.4 is 4.90 Å². The molecule has 4 nitrogen and oxygen atoms in total. The molecule has 2 heterocycles. The first-order chi connectivity index (χ1) is 7.90. The van der Waals surface area contributed by atoms with Gasteiger partial charge in [-0.25, -0.2) is 9.37 Å². The summed E-state index contributed by atoms with van der Waals surface area (Å²) in [6.45, 7) is 6.58. The van der Waals surface area contributed by atoms with Crippen LogP contribution in [0, 0.1) is 5.82 Å². The minimum atomic E-state index is -0.422. The van der Waals surface area contributed by atoms with Crippen molar-refractivity contribution in [2.24, 2.45) is 0 Å². The Morgan fingerprint density at radius 2 is 2.12 bits per heavy atom. The number of nitrogens with zero attached hydrogens (tertiary/aromatic N) is 4. The van der Waals surface area contributed by atoms with Gasteiger partial charge in [0.05, 0.1) is 6.20 Å². The summed E-state index contributed by atoms with van der Waals surface area (Å²) in [4.78, 5) is 11.8. The number of piperazine rings is 1. The summed E-state index contributed by atoms with van der Waals surface area (Å²) < 4.78 is 13.7. The summed E-state index contributed by atoms with van der Waals surface area (Å²) in [6, 6.07) is 0. The number of anilines is 1. The van der Waals surface area contributed by atoms with E-state index in [9.17, 15) is 4.39 Å². The van der Waals surface area contributed by atoms with E-state index in [0.29, 0.717) is 12.4 Å². The monoisotopic (exact) mass is 258 g/mol. The first kappa shape index (κ1) is 12.5. The van der Waals surface area contributed by atoms with Gasteiger partial charge in [-0.1, -0.05) is 0 Å². The van der Waals surface area contributed by atoms with Crippen LogP contribution in [-0.2, 0) is 0 Å². The van der Waals surface area contributed by atoms with Crippen LogP contribution in [-0.4, -0.2) is 47.1 Å². The average molecular weight is 259 g/mol. The van der Waals surface area contributed by atoms with Gasteiger partial charge in [0.2, 0.25) is 5.28 Å². The Morgan fingerprint density at radius 1 is 1.41 bits per heavy atom. The molecule has 94 valence electrons. The second-order valence-electron chi connectivity index (χ2n) is 4.97. The molecular formula is C11H16ClFN4. The molecule has 0 unspecified atom stereocenters. The molecule has 2 rings (SSSR count). The van der Waals surface area contributed by atoms with Crippen LogP contribution in [0.4, 0.5) is 10.2 Å². The van der Waals surface area contributed by atoms with Crippen molar-refractivity contribution >= 4 is 17.4 Å². The first-order valence-corrected chi connectivity index (χ1v) is 5.92. The molecule has 17 heavy (non-hydrogen) atoms. The van der Waals surface area contributed by atoms with Crippen LogP contribution in [0.1, 0.15) is 13.8 Å². The van der Waals surface area contributed by atoms with E-state index >= 15 is 0 Å². The molecule has 1 aromatic rings. The van der Waals surface area contributed by atoms with Gasteiger partial charge in [-0.15, -0.1) is 0 Å². The van der Waals surface area contributed by atoms with Gasteiger partial charge in [0.25, 0.3) is 0 Å². The zero-order valence-corrected chi connectivity index (χ0v) is 11.0. The third-order valence-electron chi connectivity index (χ3n) is 3.31. The molecule has 0 bridgehead atoms. The van der Waals surface area contributed by atoms with Gasteiger partial charge in [-0.3, -0.25) is 4.90 Å². The van der Waals surface area contributed by atoms with E-state index in [1.54, 1.807) is 0 Å². The third kappa shape index (κ3) is 2.50. The molecule has 1 aromatic heterocycles. The van der Waals surface area contributed by atoms with Crippen LogP contribution in [0.25, 0.3) is 0 Å². The Labute approximate surface area is 105 Å². The number of aromatic nitrogens is 2. The third-order valence-corrected chi connectivity index (χ3v) is 3.49. The predicted octanol–water partition coefficient (Wildman–Crippen LogP) is 1.80. The zero-order valence-electron chi connectivity index (χ0n) is 10.2. The highest BCUT2D eigenvalue weighted by atomic mass is 35.5. The van der Waals surface area contributed by atoms with Crippen LogP contribution in [0.15, 0.2) is 6.20 Å². The van der Waals surface area contributed by atoms with Gasteiger partial charge in [0.15, 0.2) is 11.6 Å². The maximum absolute atomic E-state index is 13.7. The van der Waals surface area contributed by atoms with Gasteiger partial charge in [-0.2, -0.15) is 4.98 Å². The summed E-state index contributed by atoms with van der Waals surface area (Å²) in [7, 11) is 2.07. The minimum absolute atomic E-state index is 0.0118. The minimum Gasteiger partial charge on any atom is -0.351 e. The van der Waals surface area contributed by atoms with Crippen molar-refractivity contribution in [3.8, 4) is 0 Å². The molecule has 0 radical (unpaired) electrons. The second kappa shape index (κ2) is 4.38. The Bertz CT molecular complexity index is 424. The molecule has 0 aliphatic carbocycles. The van der Waals surface area contributed by atoms with E-state index in [-0.39, 0.29) is 10.8 Å². The second-order valence-corrected chi connectivity index (χ2v) is 5.30. The standard InChI is InChI=1S/C11H16ClFN4/c1-11(2)7-17(5-4-16(11)3)9-8(13)6-14-10(12)15-9/h6H,4-5,7H2,1-3H3. The fraction of sp³-hybridized carbons (Fsp3) is 0.636.